The highest BCUT2D eigenvalue weighted by Gasteiger charge is 2.21. The van der Waals surface area contributed by atoms with Gasteiger partial charge in [-0.3, -0.25) is 4.79 Å². The molecule has 128 valence electrons. The van der Waals surface area contributed by atoms with Crippen LogP contribution in [0.25, 0.3) is 22.4 Å². The van der Waals surface area contributed by atoms with Crippen LogP contribution in [-0.2, 0) is 4.79 Å². The predicted molar refractivity (Wildman–Crippen MR) is 101 cm³/mol. The first-order chi connectivity index (χ1) is 11.7. The average Bonchev–Trinajstić information content (AvgIpc) is 2.55. The van der Waals surface area contributed by atoms with Crippen molar-refractivity contribution in [3.05, 3.63) is 57.4 Å². The van der Waals surface area contributed by atoms with Crippen molar-refractivity contribution in [1.29, 1.82) is 0 Å². The van der Waals surface area contributed by atoms with Gasteiger partial charge in [0.15, 0.2) is 0 Å². The second-order valence-corrected chi connectivity index (χ2v) is 7.67. The zero-order chi connectivity index (χ0) is 18.2. The summed E-state index contributed by atoms with van der Waals surface area (Å²) >= 11 is 3.33. The van der Waals surface area contributed by atoms with E-state index in [2.05, 4.69) is 26.2 Å². The number of carbonyl (C=O) groups excluding carboxylic acids is 1. The second kappa shape index (κ2) is 6.44. The number of hydrogen-bond donors (Lipinski definition) is 1. The van der Waals surface area contributed by atoms with Crippen LogP contribution in [0.1, 0.15) is 20.8 Å². The molecule has 0 bridgehead atoms. The van der Waals surface area contributed by atoms with Crippen molar-refractivity contribution in [2.24, 2.45) is 5.41 Å². The van der Waals surface area contributed by atoms with Crippen molar-refractivity contribution in [2.75, 3.05) is 5.32 Å². The molecule has 0 atom stereocenters. The molecule has 25 heavy (non-hydrogen) atoms. The molecule has 0 saturated heterocycles. The van der Waals surface area contributed by atoms with Crippen molar-refractivity contribution >= 4 is 38.4 Å². The van der Waals surface area contributed by atoms with Gasteiger partial charge in [0.05, 0.1) is 10.9 Å². The number of fused-ring (bicyclic) bond motifs is 1. The lowest BCUT2D eigenvalue weighted by atomic mass is 9.95. The van der Waals surface area contributed by atoms with E-state index < -0.39 is 11.0 Å². The fraction of sp³-hybridized carbons (Fsp3) is 0.211. The smallest absolute Gasteiger partial charge is 0.347 e. The van der Waals surface area contributed by atoms with Crippen LogP contribution in [0, 0.1) is 5.41 Å². The van der Waals surface area contributed by atoms with E-state index in [4.69, 9.17) is 4.42 Å². The Kier molecular flexibility index (Phi) is 4.47. The summed E-state index contributed by atoms with van der Waals surface area (Å²) in [4.78, 5) is 28.6. The van der Waals surface area contributed by atoms with Crippen molar-refractivity contribution in [2.45, 2.75) is 20.8 Å². The van der Waals surface area contributed by atoms with E-state index in [0.29, 0.717) is 22.2 Å². The number of nitrogens with one attached hydrogen (secondary N) is 1. The molecule has 0 spiro atoms. The molecule has 0 aliphatic rings. The van der Waals surface area contributed by atoms with Crippen molar-refractivity contribution < 1.29 is 9.21 Å². The molecule has 6 heteroatoms. The Labute approximate surface area is 153 Å². The summed E-state index contributed by atoms with van der Waals surface area (Å²) < 4.78 is 6.12. The Hall–Kier alpha value is -2.47. The molecule has 1 aromatic heterocycles. The number of hydrogen-bond acceptors (Lipinski definition) is 4. The predicted octanol–water partition coefficient (Wildman–Crippen LogP) is 4.60. The lowest BCUT2D eigenvalue weighted by molar-refractivity contribution is -0.123. The molecule has 1 amide bonds. The summed E-state index contributed by atoms with van der Waals surface area (Å²) in [6.45, 7) is 5.55. The highest BCUT2D eigenvalue weighted by molar-refractivity contribution is 9.10. The third-order valence-electron chi connectivity index (χ3n) is 3.66. The maximum atomic E-state index is 12.2. The molecular formula is C19H17BrN2O3. The van der Waals surface area contributed by atoms with E-state index in [9.17, 15) is 9.59 Å². The summed E-state index contributed by atoms with van der Waals surface area (Å²) in [6.07, 6.45) is 0. The molecule has 3 aromatic rings. The van der Waals surface area contributed by atoms with Crippen molar-refractivity contribution in [1.82, 2.24) is 4.98 Å². The topological polar surface area (TPSA) is 72.2 Å². The quantitative estimate of drug-likeness (QED) is 0.681. The number of anilines is 1. The Morgan fingerprint density at radius 3 is 2.44 bits per heavy atom. The molecular weight excluding hydrogens is 384 g/mol. The first-order valence-electron chi connectivity index (χ1n) is 7.76. The van der Waals surface area contributed by atoms with Crippen LogP contribution >= 0.6 is 15.9 Å². The van der Waals surface area contributed by atoms with Gasteiger partial charge in [0.25, 0.3) is 0 Å². The number of amides is 1. The molecule has 0 saturated carbocycles. The van der Waals surface area contributed by atoms with Crippen LogP contribution in [0.5, 0.6) is 0 Å². The van der Waals surface area contributed by atoms with E-state index in [1.54, 1.807) is 36.4 Å². The van der Waals surface area contributed by atoms with Gasteiger partial charge in [0, 0.05) is 21.1 Å². The minimum Gasteiger partial charge on any atom is -0.403 e. The van der Waals surface area contributed by atoms with Gasteiger partial charge in [-0.1, -0.05) is 36.7 Å². The highest BCUT2D eigenvalue weighted by Crippen LogP contribution is 2.23. The lowest BCUT2D eigenvalue weighted by Crippen LogP contribution is -2.27. The Bertz CT molecular complexity index is 1000. The Morgan fingerprint density at radius 1 is 1.12 bits per heavy atom. The molecule has 0 radical (unpaired) electrons. The van der Waals surface area contributed by atoms with Crippen molar-refractivity contribution in [3.8, 4) is 11.5 Å². The van der Waals surface area contributed by atoms with E-state index in [1.165, 1.54) is 0 Å². The number of nitrogens with zero attached hydrogens (tertiary/aromatic N) is 1. The number of rotatable bonds is 2. The fourth-order valence-corrected chi connectivity index (χ4v) is 2.54. The monoisotopic (exact) mass is 400 g/mol. The van der Waals surface area contributed by atoms with Crippen LogP contribution in [0.4, 0.5) is 5.69 Å². The molecule has 2 aromatic carbocycles. The number of aromatic nitrogens is 1. The van der Waals surface area contributed by atoms with E-state index in [0.717, 1.165) is 4.47 Å². The molecule has 3 rings (SSSR count). The SMILES string of the molecule is CC(C)(C)C(=O)Nc1ccc(-c2nc3ccc(Br)cc3c(=O)o2)cc1. The summed E-state index contributed by atoms with van der Waals surface area (Å²) in [5.74, 6) is 0.176. The zero-order valence-corrected chi connectivity index (χ0v) is 15.7. The Morgan fingerprint density at radius 2 is 1.80 bits per heavy atom. The van der Waals surface area contributed by atoms with Gasteiger partial charge < -0.3 is 9.73 Å². The summed E-state index contributed by atoms with van der Waals surface area (Å²) in [7, 11) is 0. The maximum absolute atomic E-state index is 12.2. The number of carbonyl (C=O) groups is 1. The zero-order valence-electron chi connectivity index (χ0n) is 14.1. The molecule has 5 nitrogen and oxygen atoms in total. The first-order valence-corrected chi connectivity index (χ1v) is 8.56. The summed E-state index contributed by atoms with van der Waals surface area (Å²) in [5, 5.41) is 3.27. The van der Waals surface area contributed by atoms with Crippen LogP contribution < -0.4 is 10.9 Å². The normalized spacial score (nSPS) is 11.5. The third kappa shape index (κ3) is 3.79. The standard InChI is InChI=1S/C19H17BrN2O3/c1-19(2,3)18(24)21-13-7-4-11(5-8-13)16-22-15-9-6-12(20)10-14(15)17(23)25-16/h4-10H,1-3H3,(H,21,24). The van der Waals surface area contributed by atoms with Gasteiger partial charge in [-0.15, -0.1) is 0 Å². The first kappa shape index (κ1) is 17.4. The van der Waals surface area contributed by atoms with Gasteiger partial charge in [-0.05, 0) is 42.5 Å². The van der Waals surface area contributed by atoms with Gasteiger partial charge in [-0.25, -0.2) is 9.78 Å². The van der Waals surface area contributed by atoms with Gasteiger partial charge >= 0.3 is 5.63 Å². The third-order valence-corrected chi connectivity index (χ3v) is 4.15. The molecule has 0 aliphatic heterocycles. The van der Waals surface area contributed by atoms with E-state index >= 15 is 0 Å². The second-order valence-electron chi connectivity index (χ2n) is 6.75. The lowest BCUT2D eigenvalue weighted by Gasteiger charge is -2.17. The number of halogens is 1. The molecule has 0 aliphatic carbocycles. The van der Waals surface area contributed by atoms with Crippen LogP contribution in [0.2, 0.25) is 0 Å². The van der Waals surface area contributed by atoms with Gasteiger partial charge in [0.1, 0.15) is 0 Å². The minimum atomic E-state index is -0.473. The maximum Gasteiger partial charge on any atom is 0.347 e. The van der Waals surface area contributed by atoms with Gasteiger partial charge in [-0.2, -0.15) is 0 Å². The molecule has 1 N–H and O–H groups in total. The number of benzene rings is 2. The van der Waals surface area contributed by atoms with Crippen LogP contribution in [0.3, 0.4) is 0 Å². The van der Waals surface area contributed by atoms with Crippen molar-refractivity contribution in [3.63, 3.8) is 0 Å². The largest absolute Gasteiger partial charge is 0.403 e. The molecule has 1 heterocycles. The van der Waals surface area contributed by atoms with Crippen LogP contribution in [-0.4, -0.2) is 10.9 Å². The van der Waals surface area contributed by atoms with Crippen LogP contribution in [0.15, 0.2) is 56.1 Å². The summed E-state index contributed by atoms with van der Waals surface area (Å²) in [5.41, 5.74) is 0.997. The molecule has 0 unspecified atom stereocenters. The average molecular weight is 401 g/mol. The van der Waals surface area contributed by atoms with Gasteiger partial charge in [0.2, 0.25) is 11.8 Å². The summed E-state index contributed by atoms with van der Waals surface area (Å²) in [6, 6.07) is 12.3. The highest BCUT2D eigenvalue weighted by atomic mass is 79.9. The van der Waals surface area contributed by atoms with E-state index in [1.807, 2.05) is 26.8 Å². The minimum absolute atomic E-state index is 0.0683. The van der Waals surface area contributed by atoms with E-state index in [-0.39, 0.29) is 11.8 Å². The fourth-order valence-electron chi connectivity index (χ4n) is 2.18. The Balaban J connectivity index is 1.92. The molecule has 0 fully saturated rings.